The summed E-state index contributed by atoms with van der Waals surface area (Å²) in [5, 5.41) is 2.90. The molecule has 2 aliphatic heterocycles. The molecule has 0 unspecified atom stereocenters. The van der Waals surface area contributed by atoms with Crippen LogP contribution in [-0.2, 0) is 22.4 Å². The average molecular weight is 355 g/mol. The van der Waals surface area contributed by atoms with Crippen LogP contribution in [0.1, 0.15) is 43.7 Å². The van der Waals surface area contributed by atoms with Crippen molar-refractivity contribution >= 4 is 17.8 Å². The number of benzene rings is 1. The lowest BCUT2D eigenvalue weighted by atomic mass is 9.78. The van der Waals surface area contributed by atoms with E-state index in [-0.39, 0.29) is 24.4 Å². The number of hydrogen-bond donors (Lipinski definition) is 1. The Balaban J connectivity index is 1.50. The molecule has 1 aromatic rings. The standard InChI is InChI=1S/C20H25N3O3/c1-14-6-4-5-11-22(14)17(24)13-23-18(25)20(21-19(23)26)10-9-15-7-2-3-8-16(15)12-20/h2-3,7-8,14H,4-6,9-13H2,1H3,(H,21,26)/t14-,20-/m1/s1. The quantitative estimate of drug-likeness (QED) is 0.824. The zero-order chi connectivity index (χ0) is 18.3. The van der Waals surface area contributed by atoms with Crippen LogP contribution in [0.15, 0.2) is 24.3 Å². The van der Waals surface area contributed by atoms with Gasteiger partial charge < -0.3 is 10.2 Å². The molecule has 1 N–H and O–H groups in total. The number of aryl methyl sites for hydroxylation is 1. The number of rotatable bonds is 2. The Bertz CT molecular complexity index is 762. The van der Waals surface area contributed by atoms with Gasteiger partial charge in [0.25, 0.3) is 5.91 Å². The third-order valence-corrected chi connectivity index (χ3v) is 6.09. The molecule has 26 heavy (non-hydrogen) atoms. The van der Waals surface area contributed by atoms with E-state index in [1.807, 2.05) is 30.0 Å². The number of imide groups is 1. The lowest BCUT2D eigenvalue weighted by molar-refractivity contribution is -0.141. The fourth-order valence-electron chi connectivity index (χ4n) is 4.54. The first-order valence-electron chi connectivity index (χ1n) is 9.50. The molecule has 3 aliphatic rings. The first-order chi connectivity index (χ1) is 12.5. The Morgan fingerprint density at radius 3 is 2.77 bits per heavy atom. The van der Waals surface area contributed by atoms with Crippen molar-refractivity contribution < 1.29 is 14.4 Å². The van der Waals surface area contributed by atoms with E-state index < -0.39 is 11.6 Å². The molecule has 1 spiro atoms. The summed E-state index contributed by atoms with van der Waals surface area (Å²) in [5.41, 5.74) is 1.45. The van der Waals surface area contributed by atoms with Crippen molar-refractivity contribution in [1.82, 2.24) is 15.1 Å². The van der Waals surface area contributed by atoms with Crippen LogP contribution in [0.4, 0.5) is 4.79 Å². The topological polar surface area (TPSA) is 69.7 Å². The summed E-state index contributed by atoms with van der Waals surface area (Å²) >= 11 is 0. The normalized spacial score (nSPS) is 28.3. The van der Waals surface area contributed by atoms with Crippen molar-refractivity contribution in [3.05, 3.63) is 35.4 Å². The van der Waals surface area contributed by atoms with E-state index in [9.17, 15) is 14.4 Å². The van der Waals surface area contributed by atoms with Gasteiger partial charge in [0.2, 0.25) is 5.91 Å². The first kappa shape index (κ1) is 17.1. The molecular weight excluding hydrogens is 330 g/mol. The van der Waals surface area contributed by atoms with Gasteiger partial charge in [0.05, 0.1) is 0 Å². The molecule has 0 saturated carbocycles. The summed E-state index contributed by atoms with van der Waals surface area (Å²) in [6.07, 6.45) is 4.92. The molecular formula is C20H25N3O3. The predicted molar refractivity (Wildman–Crippen MR) is 96.5 cm³/mol. The summed E-state index contributed by atoms with van der Waals surface area (Å²) in [6, 6.07) is 7.77. The van der Waals surface area contributed by atoms with Gasteiger partial charge in [-0.15, -0.1) is 0 Å². The Morgan fingerprint density at radius 1 is 1.23 bits per heavy atom. The summed E-state index contributed by atoms with van der Waals surface area (Å²) in [6.45, 7) is 2.59. The number of likely N-dealkylation sites (tertiary alicyclic amines) is 1. The minimum atomic E-state index is -0.890. The Morgan fingerprint density at radius 2 is 2.00 bits per heavy atom. The largest absolute Gasteiger partial charge is 0.338 e. The van der Waals surface area contributed by atoms with Gasteiger partial charge in [-0.25, -0.2) is 4.79 Å². The van der Waals surface area contributed by atoms with Gasteiger partial charge in [-0.1, -0.05) is 24.3 Å². The molecule has 0 radical (unpaired) electrons. The van der Waals surface area contributed by atoms with E-state index in [0.717, 1.165) is 36.1 Å². The zero-order valence-electron chi connectivity index (χ0n) is 15.2. The SMILES string of the molecule is C[C@@H]1CCCCN1C(=O)CN1C(=O)N[C@@]2(CCc3ccccc3C2)C1=O. The van der Waals surface area contributed by atoms with Crippen molar-refractivity contribution in [3.8, 4) is 0 Å². The number of nitrogens with zero attached hydrogens (tertiary/aromatic N) is 2. The van der Waals surface area contributed by atoms with Gasteiger partial charge in [-0.05, 0) is 50.2 Å². The Labute approximate surface area is 153 Å². The van der Waals surface area contributed by atoms with Crippen LogP contribution in [0.25, 0.3) is 0 Å². The van der Waals surface area contributed by atoms with E-state index in [2.05, 4.69) is 11.4 Å². The van der Waals surface area contributed by atoms with E-state index in [4.69, 9.17) is 0 Å². The van der Waals surface area contributed by atoms with Crippen LogP contribution in [0.2, 0.25) is 0 Å². The molecule has 6 nitrogen and oxygen atoms in total. The van der Waals surface area contributed by atoms with Gasteiger partial charge in [0, 0.05) is 19.0 Å². The number of carbonyl (C=O) groups excluding carboxylic acids is 3. The average Bonchev–Trinajstić information content (AvgIpc) is 2.86. The maximum Gasteiger partial charge on any atom is 0.325 e. The smallest absolute Gasteiger partial charge is 0.325 e. The number of carbonyl (C=O) groups is 3. The van der Waals surface area contributed by atoms with Crippen molar-refractivity contribution in [2.45, 2.75) is 57.0 Å². The summed E-state index contributed by atoms with van der Waals surface area (Å²) in [5.74, 6) is -0.385. The van der Waals surface area contributed by atoms with E-state index >= 15 is 0 Å². The second kappa shape index (κ2) is 6.41. The van der Waals surface area contributed by atoms with Crippen molar-refractivity contribution in [3.63, 3.8) is 0 Å². The number of urea groups is 1. The molecule has 2 fully saturated rings. The summed E-state index contributed by atoms with van der Waals surface area (Å²) in [4.78, 5) is 41.2. The molecule has 4 amide bonds. The van der Waals surface area contributed by atoms with Crippen LogP contribution in [-0.4, -0.2) is 52.3 Å². The monoisotopic (exact) mass is 355 g/mol. The van der Waals surface area contributed by atoms with Gasteiger partial charge >= 0.3 is 6.03 Å². The maximum absolute atomic E-state index is 13.1. The lowest BCUT2D eigenvalue weighted by Gasteiger charge is -2.34. The highest BCUT2D eigenvalue weighted by Gasteiger charge is 2.52. The number of fused-ring (bicyclic) bond motifs is 1. The lowest BCUT2D eigenvalue weighted by Crippen LogP contribution is -2.52. The first-order valence-corrected chi connectivity index (χ1v) is 9.50. The third-order valence-electron chi connectivity index (χ3n) is 6.09. The molecule has 0 bridgehead atoms. The van der Waals surface area contributed by atoms with Gasteiger partial charge in [0.1, 0.15) is 12.1 Å². The van der Waals surface area contributed by atoms with Crippen molar-refractivity contribution in [2.75, 3.05) is 13.1 Å². The van der Waals surface area contributed by atoms with E-state index in [1.165, 1.54) is 5.56 Å². The van der Waals surface area contributed by atoms with E-state index in [0.29, 0.717) is 19.4 Å². The number of hydrogen-bond acceptors (Lipinski definition) is 3. The molecule has 1 aromatic carbocycles. The molecule has 4 rings (SSSR count). The molecule has 138 valence electrons. The van der Waals surface area contributed by atoms with Crippen LogP contribution < -0.4 is 5.32 Å². The third kappa shape index (κ3) is 2.77. The minimum Gasteiger partial charge on any atom is -0.338 e. The van der Waals surface area contributed by atoms with Gasteiger partial charge in [0.15, 0.2) is 0 Å². The molecule has 2 heterocycles. The van der Waals surface area contributed by atoms with Crippen LogP contribution in [0.3, 0.4) is 0 Å². The second-order valence-electron chi connectivity index (χ2n) is 7.78. The fraction of sp³-hybridized carbons (Fsp3) is 0.550. The summed E-state index contributed by atoms with van der Waals surface area (Å²) in [7, 11) is 0. The Kier molecular flexibility index (Phi) is 4.21. The molecule has 6 heteroatoms. The molecule has 0 aromatic heterocycles. The number of piperidine rings is 1. The van der Waals surface area contributed by atoms with Gasteiger partial charge in [-0.3, -0.25) is 14.5 Å². The van der Waals surface area contributed by atoms with Crippen molar-refractivity contribution in [2.24, 2.45) is 0 Å². The predicted octanol–water partition coefficient (Wildman–Crippen LogP) is 1.87. The number of nitrogens with one attached hydrogen (secondary N) is 1. The highest BCUT2D eigenvalue weighted by Crippen LogP contribution is 2.33. The highest BCUT2D eigenvalue weighted by atomic mass is 16.2. The van der Waals surface area contributed by atoms with Crippen LogP contribution in [0, 0.1) is 0 Å². The zero-order valence-corrected chi connectivity index (χ0v) is 15.2. The van der Waals surface area contributed by atoms with Crippen LogP contribution >= 0.6 is 0 Å². The highest BCUT2D eigenvalue weighted by molar-refractivity contribution is 6.09. The van der Waals surface area contributed by atoms with E-state index in [1.54, 1.807) is 0 Å². The minimum absolute atomic E-state index is 0.131. The summed E-state index contributed by atoms with van der Waals surface area (Å²) < 4.78 is 0. The number of amides is 4. The molecule has 2 saturated heterocycles. The maximum atomic E-state index is 13.1. The second-order valence-corrected chi connectivity index (χ2v) is 7.78. The van der Waals surface area contributed by atoms with Crippen molar-refractivity contribution in [1.29, 1.82) is 0 Å². The fourth-order valence-corrected chi connectivity index (χ4v) is 4.54. The Hall–Kier alpha value is -2.37. The molecule has 2 atom stereocenters. The van der Waals surface area contributed by atoms with Crippen LogP contribution in [0.5, 0.6) is 0 Å². The molecule has 1 aliphatic carbocycles. The van der Waals surface area contributed by atoms with Gasteiger partial charge in [-0.2, -0.15) is 0 Å².